The SMILES string of the molecule is O=C(C[n+]1ccccc1)c1ccc2c(c1)-c1nn(-c3ccc(Cl)cc3)c(=O)cc1CCS2. The molecular formula is C25H19ClN3O2S+. The minimum Gasteiger partial charge on any atom is -0.287 e. The summed E-state index contributed by atoms with van der Waals surface area (Å²) < 4.78 is 3.25. The van der Waals surface area contributed by atoms with E-state index >= 15 is 0 Å². The number of pyridine rings is 1. The van der Waals surface area contributed by atoms with Crippen molar-refractivity contribution in [3.8, 4) is 16.9 Å². The molecule has 5 rings (SSSR count). The molecule has 3 heterocycles. The Morgan fingerprint density at radius 2 is 1.84 bits per heavy atom. The summed E-state index contributed by atoms with van der Waals surface area (Å²) >= 11 is 7.72. The average molecular weight is 461 g/mol. The van der Waals surface area contributed by atoms with Crippen LogP contribution in [0.25, 0.3) is 16.9 Å². The molecule has 0 bridgehead atoms. The number of aryl methyl sites for hydroxylation is 1. The van der Waals surface area contributed by atoms with Crippen LogP contribution in [0, 0.1) is 0 Å². The predicted molar refractivity (Wildman–Crippen MR) is 126 cm³/mol. The molecule has 7 heteroatoms. The Balaban J connectivity index is 1.59. The van der Waals surface area contributed by atoms with Gasteiger partial charge in [-0.3, -0.25) is 9.59 Å². The number of hydrogen-bond acceptors (Lipinski definition) is 4. The fourth-order valence-corrected chi connectivity index (χ4v) is 4.90. The molecule has 0 saturated carbocycles. The number of carbonyl (C=O) groups excluding carboxylic acids is 1. The summed E-state index contributed by atoms with van der Waals surface area (Å²) in [6, 6.07) is 20.1. The number of fused-ring (bicyclic) bond motifs is 3. The van der Waals surface area contributed by atoms with Crippen LogP contribution >= 0.6 is 23.4 Å². The van der Waals surface area contributed by atoms with E-state index in [9.17, 15) is 9.59 Å². The van der Waals surface area contributed by atoms with Gasteiger partial charge in [0.15, 0.2) is 12.4 Å². The number of hydrogen-bond donors (Lipinski definition) is 0. The number of carbonyl (C=O) groups is 1. The van der Waals surface area contributed by atoms with Gasteiger partial charge in [-0.05, 0) is 54.4 Å². The number of aromatic nitrogens is 3. The molecule has 0 radical (unpaired) electrons. The lowest BCUT2D eigenvalue weighted by atomic mass is 10.0. The molecule has 0 saturated heterocycles. The molecule has 0 N–H and O–H groups in total. The highest BCUT2D eigenvalue weighted by Crippen LogP contribution is 2.37. The van der Waals surface area contributed by atoms with E-state index in [0.29, 0.717) is 16.3 Å². The fourth-order valence-electron chi connectivity index (χ4n) is 3.76. The highest BCUT2D eigenvalue weighted by molar-refractivity contribution is 7.99. The molecule has 32 heavy (non-hydrogen) atoms. The van der Waals surface area contributed by atoms with E-state index in [4.69, 9.17) is 16.7 Å². The molecule has 0 spiro atoms. The van der Waals surface area contributed by atoms with Gasteiger partial charge < -0.3 is 0 Å². The standard InChI is InChI=1S/C25H19ClN3O2S/c26-19-5-7-20(8-6-19)29-24(31)15-18-10-13-32-23-9-4-17(14-21(23)25(18)27-29)22(30)16-28-11-2-1-3-12-28/h1-9,11-12,14-15H,10,13,16H2/q+1. The third-order valence-corrected chi connectivity index (χ3v) is 6.70. The maximum Gasteiger partial charge on any atom is 0.271 e. The van der Waals surface area contributed by atoms with Crippen LogP contribution in [0.3, 0.4) is 0 Å². The normalized spacial score (nSPS) is 12.5. The zero-order valence-corrected chi connectivity index (χ0v) is 18.6. The zero-order valence-electron chi connectivity index (χ0n) is 17.1. The van der Waals surface area contributed by atoms with E-state index in [1.165, 1.54) is 4.68 Å². The first kappa shape index (κ1) is 20.7. The molecule has 0 fully saturated rings. The minimum absolute atomic E-state index is 0.0193. The van der Waals surface area contributed by atoms with E-state index in [1.54, 1.807) is 42.1 Å². The summed E-state index contributed by atoms with van der Waals surface area (Å²) in [4.78, 5) is 26.8. The largest absolute Gasteiger partial charge is 0.287 e. The van der Waals surface area contributed by atoms with Crippen molar-refractivity contribution in [1.29, 1.82) is 0 Å². The van der Waals surface area contributed by atoms with Gasteiger partial charge in [-0.25, -0.2) is 0 Å². The van der Waals surface area contributed by atoms with Gasteiger partial charge in [0.05, 0.1) is 11.4 Å². The molecule has 0 atom stereocenters. The van der Waals surface area contributed by atoms with Gasteiger partial charge in [-0.1, -0.05) is 17.7 Å². The van der Waals surface area contributed by atoms with Crippen LogP contribution in [-0.4, -0.2) is 21.3 Å². The number of halogens is 1. The van der Waals surface area contributed by atoms with Crippen LogP contribution in [0.1, 0.15) is 15.9 Å². The maximum absolute atomic E-state index is 13.0. The zero-order chi connectivity index (χ0) is 22.1. The number of nitrogens with zero attached hydrogens (tertiary/aromatic N) is 3. The van der Waals surface area contributed by atoms with Crippen molar-refractivity contribution in [2.45, 2.75) is 17.9 Å². The van der Waals surface area contributed by atoms with Crippen LogP contribution in [0.5, 0.6) is 0 Å². The van der Waals surface area contributed by atoms with Crippen LogP contribution < -0.4 is 10.1 Å². The third kappa shape index (κ3) is 4.11. The highest BCUT2D eigenvalue weighted by Gasteiger charge is 2.21. The molecule has 2 aromatic heterocycles. The second kappa shape index (κ2) is 8.73. The first-order valence-electron chi connectivity index (χ1n) is 10.2. The first-order valence-corrected chi connectivity index (χ1v) is 11.6. The van der Waals surface area contributed by atoms with Crippen molar-refractivity contribution in [2.24, 2.45) is 0 Å². The highest BCUT2D eigenvalue weighted by atomic mass is 35.5. The van der Waals surface area contributed by atoms with Crippen LogP contribution in [-0.2, 0) is 13.0 Å². The van der Waals surface area contributed by atoms with Crippen molar-refractivity contribution >= 4 is 29.1 Å². The van der Waals surface area contributed by atoms with E-state index < -0.39 is 0 Å². The molecule has 5 nitrogen and oxygen atoms in total. The predicted octanol–water partition coefficient (Wildman–Crippen LogP) is 4.37. The van der Waals surface area contributed by atoms with Crippen molar-refractivity contribution in [1.82, 2.24) is 9.78 Å². The maximum atomic E-state index is 13.0. The van der Waals surface area contributed by atoms with Crippen LogP contribution in [0.2, 0.25) is 5.02 Å². The Bertz CT molecular complexity index is 1370. The monoisotopic (exact) mass is 460 g/mol. The third-order valence-electron chi connectivity index (χ3n) is 5.37. The lowest BCUT2D eigenvalue weighted by Crippen LogP contribution is -2.36. The van der Waals surface area contributed by atoms with E-state index in [-0.39, 0.29) is 17.9 Å². The summed E-state index contributed by atoms with van der Waals surface area (Å²) in [5.41, 5.74) is 3.60. The van der Waals surface area contributed by atoms with Gasteiger partial charge >= 0.3 is 0 Å². The number of Topliss-reactive ketones (excluding diaryl/α,β-unsaturated/α-hetero) is 1. The molecule has 0 aliphatic carbocycles. The molecule has 0 amide bonds. The summed E-state index contributed by atoms with van der Waals surface area (Å²) in [6.07, 6.45) is 4.49. The number of ketones is 1. The Hall–Kier alpha value is -3.22. The van der Waals surface area contributed by atoms with Crippen molar-refractivity contribution < 1.29 is 9.36 Å². The quantitative estimate of drug-likeness (QED) is 0.335. The molecular weight excluding hydrogens is 442 g/mol. The van der Waals surface area contributed by atoms with Crippen molar-refractivity contribution in [3.63, 3.8) is 0 Å². The van der Waals surface area contributed by atoms with Gasteiger partial charge in [-0.2, -0.15) is 14.3 Å². The Morgan fingerprint density at radius 3 is 2.62 bits per heavy atom. The Morgan fingerprint density at radius 1 is 1.06 bits per heavy atom. The summed E-state index contributed by atoms with van der Waals surface area (Å²) in [6.45, 7) is 0.261. The molecule has 0 unspecified atom stereocenters. The lowest BCUT2D eigenvalue weighted by molar-refractivity contribution is -0.683. The van der Waals surface area contributed by atoms with Crippen molar-refractivity contribution in [2.75, 3.05) is 5.75 Å². The minimum atomic E-state index is -0.188. The molecule has 4 aromatic rings. The van der Waals surface area contributed by atoms with Gasteiger partial charge in [-0.15, -0.1) is 11.8 Å². The number of benzene rings is 2. The van der Waals surface area contributed by atoms with Crippen molar-refractivity contribution in [3.05, 3.63) is 106 Å². The topological polar surface area (TPSA) is 55.8 Å². The van der Waals surface area contributed by atoms with E-state index in [2.05, 4.69) is 0 Å². The second-order valence-corrected chi connectivity index (χ2v) is 9.10. The first-order chi connectivity index (χ1) is 15.6. The summed E-state index contributed by atoms with van der Waals surface area (Å²) in [5.74, 6) is 0.866. The fraction of sp³-hybridized carbons (Fsp3) is 0.120. The summed E-state index contributed by atoms with van der Waals surface area (Å²) in [5, 5.41) is 5.32. The Labute approximate surface area is 194 Å². The molecule has 1 aliphatic rings. The van der Waals surface area contributed by atoms with Crippen LogP contribution in [0.15, 0.2) is 88.8 Å². The summed E-state index contributed by atoms with van der Waals surface area (Å²) in [7, 11) is 0. The van der Waals surface area contributed by atoms with E-state index in [1.807, 2.05) is 53.4 Å². The number of rotatable bonds is 4. The van der Waals surface area contributed by atoms with Gasteiger partial charge in [0.2, 0.25) is 12.3 Å². The van der Waals surface area contributed by atoms with E-state index in [0.717, 1.165) is 33.9 Å². The average Bonchev–Trinajstić information content (AvgIpc) is 2.98. The number of thioether (sulfide) groups is 1. The smallest absolute Gasteiger partial charge is 0.271 e. The van der Waals surface area contributed by atoms with Gasteiger partial charge in [0, 0.05) is 45.0 Å². The Kier molecular flexibility index (Phi) is 5.64. The second-order valence-electron chi connectivity index (χ2n) is 7.53. The van der Waals surface area contributed by atoms with Crippen LogP contribution in [0.4, 0.5) is 0 Å². The molecule has 158 valence electrons. The molecule has 2 aromatic carbocycles. The van der Waals surface area contributed by atoms with Gasteiger partial charge in [0.1, 0.15) is 0 Å². The molecule has 1 aliphatic heterocycles. The lowest BCUT2D eigenvalue weighted by Gasteiger charge is -2.12. The van der Waals surface area contributed by atoms with Gasteiger partial charge in [0.25, 0.3) is 5.56 Å².